The summed E-state index contributed by atoms with van der Waals surface area (Å²) in [6.45, 7) is 3.75. The number of rotatable bonds is 2. The number of hydrogen-bond donors (Lipinski definition) is 1. The van der Waals surface area contributed by atoms with Crippen LogP contribution < -0.4 is 10.1 Å². The average molecular weight is 397 g/mol. The summed E-state index contributed by atoms with van der Waals surface area (Å²) in [5.74, 6) is 1.01. The van der Waals surface area contributed by atoms with Gasteiger partial charge in [0.2, 0.25) is 0 Å². The quantitative estimate of drug-likeness (QED) is 0.755. The van der Waals surface area contributed by atoms with E-state index in [1.165, 1.54) is 0 Å². The van der Waals surface area contributed by atoms with E-state index in [-0.39, 0.29) is 17.6 Å². The van der Waals surface area contributed by atoms with E-state index < -0.39 is 0 Å². The van der Waals surface area contributed by atoms with Crippen molar-refractivity contribution >= 4 is 35.2 Å². The van der Waals surface area contributed by atoms with E-state index in [4.69, 9.17) is 16.3 Å². The SMILES string of the molecule is CC1CCN(C(=O)c2ccc3c(c2)NC(=O)C(=Cc2ccc(Cl)cc2)O3)CC1. The van der Waals surface area contributed by atoms with Gasteiger partial charge >= 0.3 is 0 Å². The van der Waals surface area contributed by atoms with Crippen LogP contribution in [0.5, 0.6) is 5.75 Å². The topological polar surface area (TPSA) is 58.6 Å². The van der Waals surface area contributed by atoms with E-state index >= 15 is 0 Å². The van der Waals surface area contributed by atoms with Gasteiger partial charge in [-0.05, 0) is 60.7 Å². The van der Waals surface area contributed by atoms with Crippen LogP contribution in [0.4, 0.5) is 5.69 Å². The molecule has 0 unspecified atom stereocenters. The molecule has 0 radical (unpaired) electrons. The largest absolute Gasteiger partial charge is 0.449 e. The van der Waals surface area contributed by atoms with Gasteiger partial charge in [0.15, 0.2) is 11.5 Å². The summed E-state index contributed by atoms with van der Waals surface area (Å²) in [5, 5.41) is 3.44. The molecule has 0 saturated carbocycles. The second kappa shape index (κ2) is 7.68. The summed E-state index contributed by atoms with van der Waals surface area (Å²) in [4.78, 5) is 27.1. The molecule has 0 bridgehead atoms. The Morgan fingerprint density at radius 3 is 2.61 bits per heavy atom. The van der Waals surface area contributed by atoms with E-state index in [2.05, 4.69) is 12.2 Å². The fraction of sp³-hybridized carbons (Fsp3) is 0.273. The minimum atomic E-state index is -0.348. The lowest BCUT2D eigenvalue weighted by molar-refractivity contribution is -0.115. The molecule has 5 nitrogen and oxygen atoms in total. The molecule has 2 aromatic rings. The Kier molecular flexibility index (Phi) is 5.09. The number of benzene rings is 2. The van der Waals surface area contributed by atoms with Crippen LogP contribution in [0.25, 0.3) is 6.08 Å². The lowest BCUT2D eigenvalue weighted by atomic mass is 9.98. The summed E-state index contributed by atoms with van der Waals surface area (Å²) in [7, 11) is 0. The zero-order chi connectivity index (χ0) is 19.7. The Morgan fingerprint density at radius 2 is 1.89 bits per heavy atom. The normalized spacial score (nSPS) is 18.4. The summed E-state index contributed by atoms with van der Waals surface area (Å²) >= 11 is 5.89. The van der Waals surface area contributed by atoms with Gasteiger partial charge in [0.05, 0.1) is 5.69 Å². The van der Waals surface area contributed by atoms with Crippen molar-refractivity contribution in [2.24, 2.45) is 5.92 Å². The van der Waals surface area contributed by atoms with Crippen LogP contribution >= 0.6 is 11.6 Å². The molecule has 144 valence electrons. The van der Waals surface area contributed by atoms with Crippen LogP contribution in [0, 0.1) is 5.92 Å². The molecule has 1 fully saturated rings. The monoisotopic (exact) mass is 396 g/mol. The van der Waals surface area contributed by atoms with Crippen molar-refractivity contribution in [1.29, 1.82) is 0 Å². The highest BCUT2D eigenvalue weighted by atomic mass is 35.5. The molecule has 4 rings (SSSR count). The van der Waals surface area contributed by atoms with Crippen molar-refractivity contribution in [1.82, 2.24) is 4.90 Å². The van der Waals surface area contributed by atoms with Crippen LogP contribution in [0.2, 0.25) is 5.02 Å². The number of ether oxygens (including phenoxy) is 1. The number of nitrogens with zero attached hydrogens (tertiary/aromatic N) is 1. The van der Waals surface area contributed by atoms with Crippen molar-refractivity contribution in [2.75, 3.05) is 18.4 Å². The Balaban J connectivity index is 1.53. The van der Waals surface area contributed by atoms with Gasteiger partial charge in [0.25, 0.3) is 11.8 Å². The lowest BCUT2D eigenvalue weighted by Gasteiger charge is -2.30. The van der Waals surface area contributed by atoms with Crippen LogP contribution in [-0.2, 0) is 4.79 Å². The molecule has 1 saturated heterocycles. The maximum Gasteiger partial charge on any atom is 0.291 e. The van der Waals surface area contributed by atoms with Crippen LogP contribution in [0.15, 0.2) is 48.2 Å². The van der Waals surface area contributed by atoms with Crippen molar-refractivity contribution in [3.63, 3.8) is 0 Å². The highest BCUT2D eigenvalue weighted by Crippen LogP contribution is 2.33. The zero-order valence-electron chi connectivity index (χ0n) is 15.6. The maximum absolute atomic E-state index is 12.8. The number of anilines is 1. The van der Waals surface area contributed by atoms with Crippen LogP contribution in [-0.4, -0.2) is 29.8 Å². The molecule has 2 heterocycles. The number of carbonyl (C=O) groups is 2. The molecule has 0 atom stereocenters. The summed E-state index contributed by atoms with van der Waals surface area (Å²) in [5.41, 5.74) is 1.88. The Morgan fingerprint density at radius 1 is 1.18 bits per heavy atom. The third kappa shape index (κ3) is 3.90. The highest BCUT2D eigenvalue weighted by Gasteiger charge is 2.26. The lowest BCUT2D eigenvalue weighted by Crippen LogP contribution is -2.38. The first-order chi connectivity index (χ1) is 13.5. The van der Waals surface area contributed by atoms with Gasteiger partial charge in [-0.15, -0.1) is 0 Å². The van der Waals surface area contributed by atoms with E-state index in [1.54, 1.807) is 36.4 Å². The van der Waals surface area contributed by atoms with Crippen molar-refractivity contribution in [3.05, 3.63) is 64.4 Å². The molecule has 0 aliphatic carbocycles. The number of carbonyl (C=O) groups excluding carboxylic acids is 2. The number of nitrogens with one attached hydrogen (secondary N) is 1. The van der Waals surface area contributed by atoms with Crippen molar-refractivity contribution in [2.45, 2.75) is 19.8 Å². The number of amides is 2. The Labute approximate surface area is 168 Å². The number of likely N-dealkylation sites (tertiary alicyclic amines) is 1. The molecule has 2 aliphatic rings. The second-order valence-corrected chi connectivity index (χ2v) is 7.74. The number of halogens is 1. The molecule has 2 aromatic carbocycles. The molecular formula is C22H21ClN2O3. The van der Waals surface area contributed by atoms with Gasteiger partial charge in [0.1, 0.15) is 0 Å². The standard InChI is InChI=1S/C22H21ClN2O3/c1-14-8-10-25(11-9-14)22(27)16-4-7-19-18(13-16)24-21(26)20(28-19)12-15-2-5-17(23)6-3-15/h2-7,12-14H,8-11H2,1H3,(H,24,26). The molecule has 6 heteroatoms. The summed E-state index contributed by atoms with van der Waals surface area (Å²) < 4.78 is 5.76. The van der Waals surface area contributed by atoms with Gasteiger partial charge in [-0.3, -0.25) is 9.59 Å². The van der Waals surface area contributed by atoms with Gasteiger partial charge < -0.3 is 15.0 Å². The first-order valence-electron chi connectivity index (χ1n) is 9.39. The highest BCUT2D eigenvalue weighted by molar-refractivity contribution is 6.30. The Hall–Kier alpha value is -2.79. The van der Waals surface area contributed by atoms with Crippen LogP contribution in [0.3, 0.4) is 0 Å². The number of fused-ring (bicyclic) bond motifs is 1. The fourth-order valence-electron chi connectivity index (χ4n) is 3.40. The molecule has 1 N–H and O–H groups in total. The van der Waals surface area contributed by atoms with E-state index in [1.807, 2.05) is 17.0 Å². The third-order valence-corrected chi connectivity index (χ3v) is 5.41. The maximum atomic E-state index is 12.8. The summed E-state index contributed by atoms with van der Waals surface area (Å²) in [6, 6.07) is 12.3. The minimum absolute atomic E-state index is 0.00791. The first kappa shape index (κ1) is 18.6. The first-order valence-corrected chi connectivity index (χ1v) is 9.77. The predicted molar refractivity (Wildman–Crippen MR) is 109 cm³/mol. The van der Waals surface area contributed by atoms with Gasteiger partial charge in [0, 0.05) is 23.7 Å². The molecule has 2 aliphatic heterocycles. The predicted octanol–water partition coefficient (Wildman–Crippen LogP) is 4.58. The smallest absolute Gasteiger partial charge is 0.291 e. The third-order valence-electron chi connectivity index (χ3n) is 5.16. The number of piperidine rings is 1. The summed E-state index contributed by atoms with van der Waals surface area (Å²) in [6.07, 6.45) is 3.70. The van der Waals surface area contributed by atoms with E-state index in [0.717, 1.165) is 31.5 Å². The average Bonchev–Trinajstić information content (AvgIpc) is 2.70. The Bertz CT molecular complexity index is 945. The molecule has 2 amide bonds. The zero-order valence-corrected chi connectivity index (χ0v) is 16.3. The number of hydrogen-bond acceptors (Lipinski definition) is 3. The molecule has 0 aromatic heterocycles. The molecule has 0 spiro atoms. The molecule has 28 heavy (non-hydrogen) atoms. The van der Waals surface area contributed by atoms with Gasteiger partial charge in [-0.2, -0.15) is 0 Å². The second-order valence-electron chi connectivity index (χ2n) is 7.30. The van der Waals surface area contributed by atoms with E-state index in [9.17, 15) is 9.59 Å². The van der Waals surface area contributed by atoms with Gasteiger partial charge in [-0.25, -0.2) is 0 Å². The minimum Gasteiger partial charge on any atom is -0.449 e. The van der Waals surface area contributed by atoms with Gasteiger partial charge in [-0.1, -0.05) is 30.7 Å². The van der Waals surface area contributed by atoms with Crippen LogP contribution in [0.1, 0.15) is 35.7 Å². The fourth-order valence-corrected chi connectivity index (χ4v) is 3.52. The molecular weight excluding hydrogens is 376 g/mol. The van der Waals surface area contributed by atoms with Crippen molar-refractivity contribution in [3.8, 4) is 5.75 Å². The van der Waals surface area contributed by atoms with E-state index in [0.29, 0.717) is 27.9 Å². The van der Waals surface area contributed by atoms with Crippen molar-refractivity contribution < 1.29 is 14.3 Å².